The van der Waals surface area contributed by atoms with Crippen molar-refractivity contribution in [2.45, 2.75) is 45.4 Å². The average Bonchev–Trinajstić information content (AvgIpc) is 2.28. The highest BCUT2D eigenvalue weighted by atomic mass is 79.9. The Kier molecular flexibility index (Phi) is 4.51. The van der Waals surface area contributed by atoms with Gasteiger partial charge in [-0.15, -0.1) is 0 Å². The van der Waals surface area contributed by atoms with Gasteiger partial charge in [0.25, 0.3) is 0 Å². The molecule has 0 spiro atoms. The number of hydrogen-bond donors (Lipinski definition) is 0. The zero-order valence-electron chi connectivity index (χ0n) is 7.48. The molecule has 0 N–H and O–H groups in total. The van der Waals surface area contributed by atoms with Crippen LogP contribution in [-0.2, 0) is 0 Å². The minimum atomic E-state index is 0.978. The Bertz CT molecular complexity index is 89.0. The minimum Gasteiger partial charge on any atom is -0.0925 e. The van der Waals surface area contributed by atoms with Crippen molar-refractivity contribution in [1.29, 1.82) is 0 Å². The molecule has 0 radical (unpaired) electrons. The highest BCUT2D eigenvalue weighted by Crippen LogP contribution is 2.29. The largest absolute Gasteiger partial charge is 0.0925 e. The van der Waals surface area contributed by atoms with Gasteiger partial charge in [-0.1, -0.05) is 48.5 Å². The molecule has 1 heteroatoms. The molecule has 1 fully saturated rings. The molecule has 1 saturated carbocycles. The Balaban J connectivity index is 2.27. The third-order valence-corrected chi connectivity index (χ3v) is 3.92. The van der Waals surface area contributed by atoms with Gasteiger partial charge in [-0.2, -0.15) is 0 Å². The summed E-state index contributed by atoms with van der Waals surface area (Å²) in [6.07, 6.45) is 8.75. The molecule has 66 valence electrons. The van der Waals surface area contributed by atoms with Crippen molar-refractivity contribution in [1.82, 2.24) is 0 Å². The van der Waals surface area contributed by atoms with Gasteiger partial charge in [0, 0.05) is 5.33 Å². The van der Waals surface area contributed by atoms with Crippen LogP contribution >= 0.6 is 15.9 Å². The molecule has 0 aromatic rings. The molecule has 11 heavy (non-hydrogen) atoms. The Morgan fingerprint density at radius 3 is 2.36 bits per heavy atom. The Hall–Kier alpha value is 0.480. The van der Waals surface area contributed by atoms with Crippen molar-refractivity contribution in [2.24, 2.45) is 11.8 Å². The summed E-state index contributed by atoms with van der Waals surface area (Å²) in [5, 5.41) is 1.23. The van der Waals surface area contributed by atoms with Crippen molar-refractivity contribution in [3.05, 3.63) is 0 Å². The van der Waals surface area contributed by atoms with E-state index in [1.165, 1.54) is 43.9 Å². The smallest absolute Gasteiger partial charge is 0.00596 e. The summed E-state index contributed by atoms with van der Waals surface area (Å²) >= 11 is 3.59. The fraction of sp³-hybridized carbons (Fsp3) is 1.00. The van der Waals surface area contributed by atoms with Gasteiger partial charge in [0.05, 0.1) is 0 Å². The van der Waals surface area contributed by atoms with Crippen LogP contribution in [0.1, 0.15) is 45.4 Å². The molecule has 0 amide bonds. The van der Waals surface area contributed by atoms with Crippen LogP contribution in [0, 0.1) is 11.8 Å². The monoisotopic (exact) mass is 218 g/mol. The van der Waals surface area contributed by atoms with E-state index >= 15 is 0 Å². The second-order valence-corrected chi connectivity index (χ2v) is 4.45. The SMILES string of the molecule is CCC1CCCC(CBr)CC1. The zero-order chi connectivity index (χ0) is 8.10. The third kappa shape index (κ3) is 3.14. The Labute approximate surface area is 78.9 Å². The third-order valence-electron chi connectivity index (χ3n) is 3.00. The summed E-state index contributed by atoms with van der Waals surface area (Å²) < 4.78 is 0. The molecule has 1 rings (SSSR count). The lowest BCUT2D eigenvalue weighted by Gasteiger charge is -2.10. The molecule has 1 aliphatic rings. The van der Waals surface area contributed by atoms with Crippen LogP contribution in [0.4, 0.5) is 0 Å². The second-order valence-electron chi connectivity index (χ2n) is 3.80. The van der Waals surface area contributed by atoms with Crippen LogP contribution in [-0.4, -0.2) is 5.33 Å². The average molecular weight is 219 g/mol. The highest BCUT2D eigenvalue weighted by molar-refractivity contribution is 9.09. The first-order valence-electron chi connectivity index (χ1n) is 4.92. The summed E-state index contributed by atoms with van der Waals surface area (Å²) in [7, 11) is 0. The predicted octanol–water partition coefficient (Wildman–Crippen LogP) is 3.99. The molecule has 0 nitrogen and oxygen atoms in total. The molecule has 1 aliphatic carbocycles. The summed E-state index contributed by atoms with van der Waals surface area (Å²) in [5.74, 6) is 2.02. The van der Waals surface area contributed by atoms with Crippen molar-refractivity contribution in [3.63, 3.8) is 0 Å². The highest BCUT2D eigenvalue weighted by Gasteiger charge is 2.16. The van der Waals surface area contributed by atoms with Gasteiger partial charge in [0.15, 0.2) is 0 Å². The maximum absolute atomic E-state index is 3.59. The van der Waals surface area contributed by atoms with E-state index in [1.807, 2.05) is 0 Å². The standard InChI is InChI=1S/C10H19Br/c1-2-9-4-3-5-10(8-11)7-6-9/h9-10H,2-8H2,1H3. The molecule has 0 heterocycles. The summed E-state index contributed by atoms with van der Waals surface area (Å²) in [4.78, 5) is 0. The van der Waals surface area contributed by atoms with Crippen molar-refractivity contribution in [2.75, 3.05) is 5.33 Å². The van der Waals surface area contributed by atoms with Crippen molar-refractivity contribution in [3.8, 4) is 0 Å². The van der Waals surface area contributed by atoms with Gasteiger partial charge in [-0.25, -0.2) is 0 Å². The van der Waals surface area contributed by atoms with Crippen LogP contribution in [0.15, 0.2) is 0 Å². The lowest BCUT2D eigenvalue weighted by atomic mass is 9.97. The Morgan fingerprint density at radius 2 is 1.73 bits per heavy atom. The van der Waals surface area contributed by atoms with Crippen LogP contribution in [0.25, 0.3) is 0 Å². The Morgan fingerprint density at radius 1 is 1.09 bits per heavy atom. The first-order chi connectivity index (χ1) is 5.36. The molecule has 0 aliphatic heterocycles. The summed E-state index contributed by atoms with van der Waals surface area (Å²) in [6.45, 7) is 2.33. The minimum absolute atomic E-state index is 0.978. The van der Waals surface area contributed by atoms with Gasteiger partial charge >= 0.3 is 0 Å². The van der Waals surface area contributed by atoms with E-state index in [1.54, 1.807) is 0 Å². The molecule has 0 saturated heterocycles. The van der Waals surface area contributed by atoms with Gasteiger partial charge in [-0.3, -0.25) is 0 Å². The molecule has 0 aromatic heterocycles. The fourth-order valence-electron chi connectivity index (χ4n) is 2.02. The lowest BCUT2D eigenvalue weighted by Crippen LogP contribution is -2.00. The van der Waals surface area contributed by atoms with Gasteiger partial charge in [0.2, 0.25) is 0 Å². The normalized spacial score (nSPS) is 33.3. The number of halogens is 1. The summed E-state index contributed by atoms with van der Waals surface area (Å²) in [6, 6.07) is 0. The number of alkyl halides is 1. The zero-order valence-corrected chi connectivity index (χ0v) is 9.07. The topological polar surface area (TPSA) is 0 Å². The van der Waals surface area contributed by atoms with Gasteiger partial charge < -0.3 is 0 Å². The van der Waals surface area contributed by atoms with Crippen LogP contribution in [0.5, 0.6) is 0 Å². The molecular weight excluding hydrogens is 200 g/mol. The lowest BCUT2D eigenvalue weighted by molar-refractivity contribution is 0.436. The van der Waals surface area contributed by atoms with Crippen LogP contribution < -0.4 is 0 Å². The molecule has 0 aromatic carbocycles. The van der Waals surface area contributed by atoms with Gasteiger partial charge in [0.1, 0.15) is 0 Å². The predicted molar refractivity (Wildman–Crippen MR) is 54.2 cm³/mol. The summed E-state index contributed by atoms with van der Waals surface area (Å²) in [5.41, 5.74) is 0. The maximum Gasteiger partial charge on any atom is 0.00596 e. The van der Waals surface area contributed by atoms with E-state index < -0.39 is 0 Å². The first kappa shape index (κ1) is 9.57. The van der Waals surface area contributed by atoms with Gasteiger partial charge in [-0.05, 0) is 24.7 Å². The molecular formula is C10H19Br. The van der Waals surface area contributed by atoms with Crippen molar-refractivity contribution < 1.29 is 0 Å². The molecule has 0 bridgehead atoms. The van der Waals surface area contributed by atoms with E-state index in [9.17, 15) is 0 Å². The van der Waals surface area contributed by atoms with E-state index in [-0.39, 0.29) is 0 Å². The number of hydrogen-bond acceptors (Lipinski definition) is 0. The second kappa shape index (κ2) is 5.18. The van der Waals surface area contributed by atoms with Crippen molar-refractivity contribution >= 4 is 15.9 Å². The van der Waals surface area contributed by atoms with E-state index in [2.05, 4.69) is 22.9 Å². The molecule has 2 atom stereocenters. The quantitative estimate of drug-likeness (QED) is 0.486. The maximum atomic E-state index is 3.59. The van der Waals surface area contributed by atoms with Crippen LogP contribution in [0.3, 0.4) is 0 Å². The molecule has 2 unspecified atom stereocenters. The van der Waals surface area contributed by atoms with E-state index in [0.29, 0.717) is 0 Å². The van der Waals surface area contributed by atoms with Crippen LogP contribution in [0.2, 0.25) is 0 Å². The van der Waals surface area contributed by atoms with E-state index in [0.717, 1.165) is 11.8 Å². The number of rotatable bonds is 2. The fourth-order valence-corrected chi connectivity index (χ4v) is 2.67. The first-order valence-corrected chi connectivity index (χ1v) is 6.05. The van der Waals surface area contributed by atoms with E-state index in [4.69, 9.17) is 0 Å².